The molecular formula is C15H26F6N4O4. The van der Waals surface area contributed by atoms with Crippen molar-refractivity contribution in [1.29, 1.82) is 0 Å². The lowest BCUT2D eigenvalue weighted by atomic mass is 10.2. The number of nitrogens with one attached hydrogen (secondary N) is 1. The van der Waals surface area contributed by atoms with Gasteiger partial charge < -0.3 is 27.0 Å². The van der Waals surface area contributed by atoms with Crippen LogP contribution in [0.15, 0.2) is 4.99 Å². The second-order valence-corrected chi connectivity index (χ2v) is 5.90. The molecule has 7 N–H and O–H groups in total. The first kappa shape index (κ1) is 29.0. The van der Waals surface area contributed by atoms with Crippen molar-refractivity contribution in [3.05, 3.63) is 0 Å². The van der Waals surface area contributed by atoms with Crippen LogP contribution in [0.3, 0.4) is 0 Å². The minimum Gasteiger partial charge on any atom is -0.475 e. The molecule has 1 fully saturated rings. The van der Waals surface area contributed by atoms with Crippen LogP contribution in [-0.2, 0) is 9.59 Å². The minimum absolute atomic E-state index is 0.612. The summed E-state index contributed by atoms with van der Waals surface area (Å²) in [6.45, 7) is 2.65. The average molecular weight is 440 g/mol. The molecule has 172 valence electrons. The topological polar surface area (TPSA) is 151 Å². The lowest BCUT2D eigenvalue weighted by Crippen LogP contribution is -2.32. The first-order chi connectivity index (χ1) is 13.2. The van der Waals surface area contributed by atoms with Crippen molar-refractivity contribution in [3.63, 3.8) is 0 Å². The summed E-state index contributed by atoms with van der Waals surface area (Å²) in [6.07, 6.45) is -2.78. The van der Waals surface area contributed by atoms with Crippen molar-refractivity contribution in [1.82, 2.24) is 5.32 Å². The molecular weight excluding hydrogens is 414 g/mol. The number of nitrogens with two attached hydrogens (primary N) is 2. The Morgan fingerprint density at radius 3 is 1.69 bits per heavy atom. The first-order valence-electron chi connectivity index (χ1n) is 8.55. The standard InChI is InChI=1S/C11H24N4.2C2HF3O2/c12-7-3-1-2-4-8-14-11(13)15-9-10-5-6-10;2*3-2(4,5)1(6)7/h10H,1-9,12H2,(H3,13,14,15);2*(H,6,7). The molecule has 0 aromatic heterocycles. The van der Waals surface area contributed by atoms with Gasteiger partial charge >= 0.3 is 24.3 Å². The highest BCUT2D eigenvalue weighted by Gasteiger charge is 2.38. The maximum atomic E-state index is 10.6. The van der Waals surface area contributed by atoms with E-state index in [1.165, 1.54) is 25.7 Å². The summed E-state index contributed by atoms with van der Waals surface area (Å²) in [5.41, 5.74) is 11.1. The number of hydrogen-bond donors (Lipinski definition) is 5. The molecule has 0 spiro atoms. The van der Waals surface area contributed by atoms with Gasteiger partial charge in [-0.05, 0) is 38.1 Å². The number of carboxylic acids is 2. The molecule has 0 aromatic rings. The predicted octanol–water partition coefficient (Wildman–Crippen LogP) is 2.09. The molecule has 1 saturated carbocycles. The highest BCUT2D eigenvalue weighted by atomic mass is 19.4. The van der Waals surface area contributed by atoms with Gasteiger partial charge in [0.15, 0.2) is 5.96 Å². The zero-order valence-electron chi connectivity index (χ0n) is 15.5. The van der Waals surface area contributed by atoms with Gasteiger partial charge in [-0.2, -0.15) is 26.3 Å². The maximum Gasteiger partial charge on any atom is 0.490 e. The molecule has 0 radical (unpaired) electrons. The summed E-state index contributed by atoms with van der Waals surface area (Å²) in [6, 6.07) is 0. The van der Waals surface area contributed by atoms with Crippen molar-refractivity contribution in [2.75, 3.05) is 19.6 Å². The van der Waals surface area contributed by atoms with Gasteiger partial charge in [-0.1, -0.05) is 12.8 Å². The van der Waals surface area contributed by atoms with Crippen LogP contribution in [0, 0.1) is 5.92 Å². The molecule has 1 aliphatic carbocycles. The Kier molecular flexibility index (Phi) is 14.7. The smallest absolute Gasteiger partial charge is 0.475 e. The zero-order chi connectivity index (χ0) is 23.1. The van der Waals surface area contributed by atoms with Gasteiger partial charge in [0, 0.05) is 13.1 Å². The second kappa shape index (κ2) is 14.7. The summed E-state index contributed by atoms with van der Waals surface area (Å²) < 4.78 is 63.5. The zero-order valence-corrected chi connectivity index (χ0v) is 15.5. The summed E-state index contributed by atoms with van der Waals surface area (Å²) in [5.74, 6) is -4.09. The largest absolute Gasteiger partial charge is 0.490 e. The molecule has 8 nitrogen and oxygen atoms in total. The van der Waals surface area contributed by atoms with Crippen LogP contribution < -0.4 is 16.8 Å². The second-order valence-electron chi connectivity index (χ2n) is 5.90. The molecule has 0 amide bonds. The molecule has 0 saturated heterocycles. The fourth-order valence-electron chi connectivity index (χ4n) is 1.42. The van der Waals surface area contributed by atoms with E-state index in [1.807, 2.05) is 0 Å². The highest BCUT2D eigenvalue weighted by Crippen LogP contribution is 2.28. The van der Waals surface area contributed by atoms with Gasteiger partial charge in [0.2, 0.25) is 0 Å². The predicted molar refractivity (Wildman–Crippen MR) is 92.1 cm³/mol. The SMILES string of the molecule is NCCCCCCNC(N)=NCC1CC1.O=C(O)C(F)(F)F.O=C(O)C(F)(F)F. The van der Waals surface area contributed by atoms with Crippen LogP contribution in [0.4, 0.5) is 26.3 Å². The van der Waals surface area contributed by atoms with E-state index >= 15 is 0 Å². The van der Waals surface area contributed by atoms with Gasteiger partial charge in [0.05, 0.1) is 0 Å². The Hall–Kier alpha value is -2.25. The van der Waals surface area contributed by atoms with Gasteiger partial charge in [-0.15, -0.1) is 0 Å². The molecule has 0 heterocycles. The van der Waals surface area contributed by atoms with Crippen LogP contribution >= 0.6 is 0 Å². The van der Waals surface area contributed by atoms with E-state index < -0.39 is 24.3 Å². The maximum absolute atomic E-state index is 10.6. The van der Waals surface area contributed by atoms with E-state index in [2.05, 4.69) is 10.3 Å². The lowest BCUT2D eigenvalue weighted by molar-refractivity contribution is -0.193. The lowest BCUT2D eigenvalue weighted by Gasteiger charge is -2.04. The van der Waals surface area contributed by atoms with Crippen molar-refractivity contribution in [2.45, 2.75) is 50.9 Å². The normalized spacial score (nSPS) is 14.1. The summed E-state index contributed by atoms with van der Waals surface area (Å²) >= 11 is 0. The number of alkyl halides is 6. The number of halogens is 6. The number of carbonyl (C=O) groups is 2. The molecule has 0 aromatic carbocycles. The van der Waals surface area contributed by atoms with Crippen LogP contribution in [0.5, 0.6) is 0 Å². The monoisotopic (exact) mass is 440 g/mol. The van der Waals surface area contributed by atoms with Gasteiger partial charge in [-0.25, -0.2) is 9.59 Å². The van der Waals surface area contributed by atoms with Gasteiger partial charge in [-0.3, -0.25) is 4.99 Å². The van der Waals surface area contributed by atoms with Crippen molar-refractivity contribution < 1.29 is 46.1 Å². The van der Waals surface area contributed by atoms with E-state index in [4.69, 9.17) is 31.3 Å². The number of hydrogen-bond acceptors (Lipinski definition) is 4. The van der Waals surface area contributed by atoms with E-state index in [-0.39, 0.29) is 0 Å². The number of rotatable bonds is 8. The van der Waals surface area contributed by atoms with E-state index in [0.29, 0.717) is 5.96 Å². The molecule has 1 rings (SSSR count). The fourth-order valence-corrected chi connectivity index (χ4v) is 1.42. The number of guanidine groups is 1. The molecule has 0 bridgehead atoms. The van der Waals surface area contributed by atoms with Crippen LogP contribution in [0.25, 0.3) is 0 Å². The number of nitrogens with zero attached hydrogens (tertiary/aromatic N) is 1. The number of carboxylic acid groups (broad SMARTS) is 2. The van der Waals surface area contributed by atoms with Gasteiger partial charge in [0.25, 0.3) is 0 Å². The Morgan fingerprint density at radius 2 is 1.34 bits per heavy atom. The van der Waals surface area contributed by atoms with Crippen LogP contribution in [-0.4, -0.2) is 60.1 Å². The van der Waals surface area contributed by atoms with Gasteiger partial charge in [0.1, 0.15) is 0 Å². The Bertz CT molecular complexity index is 484. The molecule has 29 heavy (non-hydrogen) atoms. The third-order valence-electron chi connectivity index (χ3n) is 3.14. The third-order valence-corrected chi connectivity index (χ3v) is 3.14. The molecule has 0 atom stereocenters. The van der Waals surface area contributed by atoms with Crippen LogP contribution in [0.2, 0.25) is 0 Å². The molecule has 14 heteroatoms. The first-order valence-corrected chi connectivity index (χ1v) is 8.55. The highest BCUT2D eigenvalue weighted by molar-refractivity contribution is 5.77. The number of unbranched alkanes of at least 4 members (excludes halogenated alkanes) is 3. The minimum atomic E-state index is -5.08. The van der Waals surface area contributed by atoms with E-state index in [1.54, 1.807) is 0 Å². The summed E-state index contributed by atoms with van der Waals surface area (Å²) in [7, 11) is 0. The average Bonchev–Trinajstić information content (AvgIpc) is 3.40. The summed E-state index contributed by atoms with van der Waals surface area (Å²) in [4.78, 5) is 22.1. The van der Waals surface area contributed by atoms with Crippen molar-refractivity contribution >= 4 is 17.9 Å². The Labute approximate surface area is 163 Å². The third kappa shape index (κ3) is 21.9. The molecule has 1 aliphatic rings. The van der Waals surface area contributed by atoms with E-state index in [9.17, 15) is 26.3 Å². The molecule has 0 aliphatic heterocycles. The Balaban J connectivity index is 0. The summed E-state index contributed by atoms with van der Waals surface area (Å²) in [5, 5.41) is 17.4. The fraction of sp³-hybridized carbons (Fsp3) is 0.800. The molecule has 0 unspecified atom stereocenters. The quantitative estimate of drug-likeness (QED) is 0.168. The Morgan fingerprint density at radius 1 is 0.931 bits per heavy atom. The number of aliphatic imine (C=N–C) groups is 1. The van der Waals surface area contributed by atoms with Crippen molar-refractivity contribution in [2.24, 2.45) is 22.4 Å². The number of aliphatic carboxylic acids is 2. The van der Waals surface area contributed by atoms with Crippen LogP contribution in [0.1, 0.15) is 38.5 Å². The van der Waals surface area contributed by atoms with Crippen molar-refractivity contribution in [3.8, 4) is 0 Å². The van der Waals surface area contributed by atoms with E-state index in [0.717, 1.165) is 38.4 Å².